The van der Waals surface area contributed by atoms with Gasteiger partial charge in [0.05, 0.1) is 7.11 Å². The molecule has 0 atom stereocenters. The maximum atomic E-state index is 10.9. The van der Waals surface area contributed by atoms with E-state index in [0.29, 0.717) is 0 Å². The molecule has 2 heteroatoms. The van der Waals surface area contributed by atoms with E-state index in [-0.39, 0.29) is 5.97 Å². The van der Waals surface area contributed by atoms with Gasteiger partial charge in [-0.2, -0.15) is 0 Å². The number of esters is 1. The van der Waals surface area contributed by atoms with Crippen LogP contribution in [-0.4, -0.2) is 13.1 Å². The zero-order chi connectivity index (χ0) is 9.68. The monoisotopic (exact) mass is 176 g/mol. The quantitative estimate of drug-likeness (QED) is 0.510. The highest BCUT2D eigenvalue weighted by molar-refractivity contribution is 5.90. The highest BCUT2D eigenvalue weighted by atomic mass is 16.5. The van der Waals surface area contributed by atoms with Crippen molar-refractivity contribution < 1.29 is 9.53 Å². The third-order valence-electron chi connectivity index (χ3n) is 1.76. The van der Waals surface area contributed by atoms with E-state index in [1.165, 1.54) is 13.2 Å². The molecule has 68 valence electrons. The number of carbonyl (C=O) groups excluding carboxylic acids is 1. The number of methoxy groups -OCH3 is 1. The van der Waals surface area contributed by atoms with Crippen LogP contribution in [0.15, 0.2) is 36.4 Å². The Hall–Kier alpha value is -1.57. The second-order valence-corrected chi connectivity index (χ2v) is 2.72. The molecule has 0 N–H and O–H groups in total. The molecular weight excluding hydrogens is 164 g/mol. The number of benzene rings is 1. The van der Waals surface area contributed by atoms with Gasteiger partial charge in [0.1, 0.15) is 0 Å². The first kappa shape index (κ1) is 9.52. The molecular formula is C11H12O2. The van der Waals surface area contributed by atoms with Crippen LogP contribution in [0, 0.1) is 0 Å². The van der Waals surface area contributed by atoms with Gasteiger partial charge in [-0.25, -0.2) is 4.79 Å². The van der Waals surface area contributed by atoms with Crippen molar-refractivity contribution in [3.63, 3.8) is 0 Å². The van der Waals surface area contributed by atoms with E-state index in [1.807, 2.05) is 37.3 Å². The summed E-state index contributed by atoms with van der Waals surface area (Å²) >= 11 is 0. The van der Waals surface area contributed by atoms with Crippen molar-refractivity contribution in [1.82, 2.24) is 0 Å². The van der Waals surface area contributed by atoms with E-state index in [0.717, 1.165) is 11.1 Å². The molecule has 0 bridgehead atoms. The van der Waals surface area contributed by atoms with Gasteiger partial charge in [0.2, 0.25) is 0 Å². The molecule has 1 aromatic rings. The molecule has 0 saturated heterocycles. The maximum absolute atomic E-state index is 10.9. The lowest BCUT2D eigenvalue weighted by atomic mass is 10.1. The molecule has 0 aliphatic carbocycles. The van der Waals surface area contributed by atoms with Gasteiger partial charge in [0.15, 0.2) is 0 Å². The van der Waals surface area contributed by atoms with Crippen molar-refractivity contribution in [2.24, 2.45) is 0 Å². The molecule has 0 fully saturated rings. The third-order valence-corrected chi connectivity index (χ3v) is 1.76. The summed E-state index contributed by atoms with van der Waals surface area (Å²) in [5.74, 6) is -0.318. The van der Waals surface area contributed by atoms with Crippen LogP contribution < -0.4 is 0 Å². The first-order chi connectivity index (χ1) is 6.24. The van der Waals surface area contributed by atoms with Gasteiger partial charge in [-0.1, -0.05) is 30.3 Å². The van der Waals surface area contributed by atoms with Gasteiger partial charge in [0.25, 0.3) is 0 Å². The molecule has 0 amide bonds. The average Bonchev–Trinajstić information content (AvgIpc) is 2.19. The van der Waals surface area contributed by atoms with Crippen LogP contribution in [0.3, 0.4) is 0 Å². The molecule has 0 radical (unpaired) electrons. The van der Waals surface area contributed by atoms with E-state index in [9.17, 15) is 4.79 Å². The lowest BCUT2D eigenvalue weighted by Gasteiger charge is -1.99. The Morgan fingerprint density at radius 1 is 1.31 bits per heavy atom. The molecule has 0 aliphatic heterocycles. The van der Waals surface area contributed by atoms with Gasteiger partial charge >= 0.3 is 5.97 Å². The largest absolute Gasteiger partial charge is 0.466 e. The lowest BCUT2D eigenvalue weighted by molar-refractivity contribution is -0.134. The minimum atomic E-state index is -0.318. The summed E-state index contributed by atoms with van der Waals surface area (Å²) in [6.45, 7) is 1.88. The van der Waals surface area contributed by atoms with Crippen molar-refractivity contribution in [2.75, 3.05) is 7.11 Å². The van der Waals surface area contributed by atoms with E-state index >= 15 is 0 Å². The molecule has 0 unspecified atom stereocenters. The summed E-state index contributed by atoms with van der Waals surface area (Å²) in [6.07, 6.45) is 1.48. The lowest BCUT2D eigenvalue weighted by Crippen LogP contribution is -1.95. The van der Waals surface area contributed by atoms with Crippen LogP contribution in [0.25, 0.3) is 5.57 Å². The summed E-state index contributed by atoms with van der Waals surface area (Å²) in [4.78, 5) is 10.9. The van der Waals surface area contributed by atoms with Gasteiger partial charge in [0, 0.05) is 6.08 Å². The highest BCUT2D eigenvalue weighted by Gasteiger charge is 1.97. The Balaban J connectivity index is 2.85. The number of hydrogen-bond donors (Lipinski definition) is 0. The van der Waals surface area contributed by atoms with Gasteiger partial charge in [-0.3, -0.25) is 0 Å². The fourth-order valence-corrected chi connectivity index (χ4v) is 1.02. The van der Waals surface area contributed by atoms with Crippen LogP contribution >= 0.6 is 0 Å². The van der Waals surface area contributed by atoms with Gasteiger partial charge in [-0.05, 0) is 18.1 Å². The topological polar surface area (TPSA) is 26.3 Å². The second kappa shape index (κ2) is 4.45. The minimum Gasteiger partial charge on any atom is -0.466 e. The third kappa shape index (κ3) is 2.75. The smallest absolute Gasteiger partial charge is 0.330 e. The molecule has 0 aromatic heterocycles. The molecule has 1 aromatic carbocycles. The van der Waals surface area contributed by atoms with Crippen LogP contribution in [0.4, 0.5) is 0 Å². The minimum absolute atomic E-state index is 0.318. The van der Waals surface area contributed by atoms with E-state index in [1.54, 1.807) is 0 Å². The first-order valence-electron chi connectivity index (χ1n) is 4.05. The molecule has 2 nitrogen and oxygen atoms in total. The molecule has 0 aliphatic rings. The van der Waals surface area contributed by atoms with Gasteiger partial charge < -0.3 is 4.74 Å². The fourth-order valence-electron chi connectivity index (χ4n) is 1.02. The number of rotatable bonds is 2. The fraction of sp³-hybridized carbons (Fsp3) is 0.182. The van der Waals surface area contributed by atoms with Crippen LogP contribution in [0.2, 0.25) is 0 Å². The summed E-state index contributed by atoms with van der Waals surface area (Å²) < 4.78 is 4.53. The predicted molar refractivity (Wildman–Crippen MR) is 52.1 cm³/mol. The van der Waals surface area contributed by atoms with Crippen molar-refractivity contribution in [2.45, 2.75) is 6.92 Å². The van der Waals surface area contributed by atoms with Crippen molar-refractivity contribution in [1.29, 1.82) is 0 Å². The molecule has 0 spiro atoms. The van der Waals surface area contributed by atoms with Crippen LogP contribution in [0.1, 0.15) is 12.5 Å². The Kier molecular flexibility index (Phi) is 3.26. The maximum Gasteiger partial charge on any atom is 0.330 e. The van der Waals surface area contributed by atoms with E-state index < -0.39 is 0 Å². The Morgan fingerprint density at radius 3 is 2.46 bits per heavy atom. The Bertz CT molecular complexity index is 312. The summed E-state index contributed by atoms with van der Waals surface area (Å²) in [5.41, 5.74) is 1.94. The Labute approximate surface area is 77.8 Å². The average molecular weight is 176 g/mol. The Morgan fingerprint density at radius 2 is 1.92 bits per heavy atom. The van der Waals surface area contributed by atoms with Gasteiger partial charge in [-0.15, -0.1) is 0 Å². The predicted octanol–water partition coefficient (Wildman–Crippen LogP) is 2.26. The summed E-state index contributed by atoms with van der Waals surface area (Å²) in [5, 5.41) is 0. The normalized spacial score (nSPS) is 11.1. The molecule has 13 heavy (non-hydrogen) atoms. The van der Waals surface area contributed by atoms with Crippen LogP contribution in [0.5, 0.6) is 0 Å². The standard InChI is InChI=1S/C11H12O2/c1-9(8-11(12)13-2)10-6-4-3-5-7-10/h3-8H,1-2H3/b9-8-. The number of carbonyl (C=O) groups is 1. The summed E-state index contributed by atoms with van der Waals surface area (Å²) in [6, 6.07) is 9.71. The SMILES string of the molecule is COC(=O)/C=C(/C)c1ccccc1. The number of allylic oxidation sites excluding steroid dienone is 1. The number of hydrogen-bond acceptors (Lipinski definition) is 2. The first-order valence-corrected chi connectivity index (χ1v) is 4.05. The zero-order valence-electron chi connectivity index (χ0n) is 7.78. The van der Waals surface area contributed by atoms with Crippen molar-refractivity contribution in [3.05, 3.63) is 42.0 Å². The zero-order valence-corrected chi connectivity index (χ0v) is 7.78. The number of ether oxygens (including phenoxy) is 1. The van der Waals surface area contributed by atoms with E-state index in [4.69, 9.17) is 0 Å². The molecule has 1 rings (SSSR count). The summed E-state index contributed by atoms with van der Waals surface area (Å²) in [7, 11) is 1.37. The highest BCUT2D eigenvalue weighted by Crippen LogP contribution is 2.12. The van der Waals surface area contributed by atoms with E-state index in [2.05, 4.69) is 4.74 Å². The van der Waals surface area contributed by atoms with Crippen molar-refractivity contribution >= 4 is 11.5 Å². The molecule has 0 heterocycles. The molecule has 0 saturated carbocycles. The van der Waals surface area contributed by atoms with Crippen LogP contribution in [-0.2, 0) is 9.53 Å². The second-order valence-electron chi connectivity index (χ2n) is 2.72. The van der Waals surface area contributed by atoms with Crippen molar-refractivity contribution in [3.8, 4) is 0 Å².